The molecule has 0 fully saturated rings. The van der Waals surface area contributed by atoms with Crippen LogP contribution in [0.3, 0.4) is 0 Å². The average molecular weight is 382 g/mol. The third-order valence-corrected chi connectivity index (χ3v) is 3.84. The number of nitrogens with zero attached hydrogens (tertiary/aromatic N) is 1. The number of carbonyl (C=O) groups is 2. The Hall–Kier alpha value is -2.90. The average Bonchev–Trinajstić information content (AvgIpc) is 2.60. The lowest BCUT2D eigenvalue weighted by Gasteiger charge is -2.21. The van der Waals surface area contributed by atoms with E-state index in [1.54, 1.807) is 12.1 Å². The van der Waals surface area contributed by atoms with Gasteiger partial charge in [-0.3, -0.25) is 9.59 Å². The minimum atomic E-state index is -4.47. The number of halogens is 4. The molecule has 0 aliphatic rings. The lowest BCUT2D eigenvalue weighted by molar-refractivity contribution is -0.137. The van der Waals surface area contributed by atoms with Gasteiger partial charge in [-0.1, -0.05) is 12.1 Å². The number of amides is 2. The van der Waals surface area contributed by atoms with Crippen molar-refractivity contribution in [1.29, 1.82) is 0 Å². The van der Waals surface area contributed by atoms with Gasteiger partial charge in [0.05, 0.1) is 5.56 Å². The molecule has 0 saturated carbocycles. The Morgan fingerprint density at radius 1 is 1.00 bits per heavy atom. The molecule has 0 aliphatic carbocycles. The van der Waals surface area contributed by atoms with Gasteiger partial charge in [0, 0.05) is 19.2 Å². The lowest BCUT2D eigenvalue weighted by Crippen LogP contribution is -2.40. The molecule has 0 spiro atoms. The number of carbonyl (C=O) groups excluding carboxylic acids is 2. The van der Waals surface area contributed by atoms with E-state index in [2.05, 4.69) is 5.32 Å². The van der Waals surface area contributed by atoms with Gasteiger partial charge in [0.2, 0.25) is 11.8 Å². The summed E-state index contributed by atoms with van der Waals surface area (Å²) in [6.45, 7) is 1.19. The highest BCUT2D eigenvalue weighted by molar-refractivity contribution is 5.97. The van der Waals surface area contributed by atoms with Crippen LogP contribution in [-0.4, -0.2) is 24.9 Å². The lowest BCUT2D eigenvalue weighted by atomic mass is 10.1. The fraction of sp³-hybridized carbons (Fsp3) is 0.263. The van der Waals surface area contributed by atoms with Crippen molar-refractivity contribution in [3.63, 3.8) is 0 Å². The number of hydrogen-bond donors (Lipinski definition) is 1. The summed E-state index contributed by atoms with van der Waals surface area (Å²) in [5.74, 6) is -1.27. The second-order valence-electron chi connectivity index (χ2n) is 5.88. The highest BCUT2D eigenvalue weighted by Crippen LogP contribution is 2.30. The zero-order valence-corrected chi connectivity index (χ0v) is 14.5. The normalized spacial score (nSPS) is 11.1. The fourth-order valence-electron chi connectivity index (χ4n) is 2.41. The molecule has 0 atom stereocenters. The Morgan fingerprint density at radius 3 is 2.11 bits per heavy atom. The summed E-state index contributed by atoms with van der Waals surface area (Å²) in [5.41, 5.74) is 0.200. The molecule has 0 radical (unpaired) electrons. The number of benzene rings is 2. The van der Waals surface area contributed by atoms with Gasteiger partial charge in [-0.25, -0.2) is 4.39 Å². The Bertz CT molecular complexity index is 787. The Morgan fingerprint density at radius 2 is 1.59 bits per heavy atom. The molecule has 0 saturated heterocycles. The maximum atomic E-state index is 12.8. The molecule has 4 nitrogen and oxygen atoms in total. The molecule has 1 N–H and O–H groups in total. The minimum absolute atomic E-state index is 0.198. The number of nitrogens with one attached hydrogen (secondary N) is 1. The van der Waals surface area contributed by atoms with Crippen LogP contribution in [-0.2, 0) is 22.2 Å². The van der Waals surface area contributed by atoms with Crippen molar-refractivity contribution in [2.75, 3.05) is 18.0 Å². The van der Waals surface area contributed by atoms with Crippen LogP contribution in [0.4, 0.5) is 23.2 Å². The van der Waals surface area contributed by atoms with Crippen molar-refractivity contribution in [2.45, 2.75) is 19.5 Å². The number of hydrogen-bond acceptors (Lipinski definition) is 2. The molecular weight excluding hydrogens is 364 g/mol. The summed E-state index contributed by atoms with van der Waals surface area (Å²) in [6.07, 6.45) is -4.00. The van der Waals surface area contributed by atoms with Crippen LogP contribution in [0.5, 0.6) is 0 Å². The van der Waals surface area contributed by atoms with Gasteiger partial charge in [-0.2, -0.15) is 13.2 Å². The van der Waals surface area contributed by atoms with Gasteiger partial charge in [0.25, 0.3) is 0 Å². The van der Waals surface area contributed by atoms with E-state index in [9.17, 15) is 27.2 Å². The van der Waals surface area contributed by atoms with Crippen LogP contribution in [0.15, 0.2) is 48.5 Å². The molecule has 0 aromatic heterocycles. The quantitative estimate of drug-likeness (QED) is 0.777. The SMILES string of the molecule is CC(=O)N(CC(=O)NCCc1ccc(F)cc1)c1ccc(C(F)(F)F)cc1. The van der Waals surface area contributed by atoms with E-state index < -0.39 is 23.6 Å². The third kappa shape index (κ3) is 6.09. The number of rotatable bonds is 6. The second kappa shape index (κ2) is 8.66. The van der Waals surface area contributed by atoms with Crippen molar-refractivity contribution in [1.82, 2.24) is 5.32 Å². The Kier molecular flexibility index (Phi) is 6.55. The summed E-state index contributed by atoms with van der Waals surface area (Å²) in [7, 11) is 0. The van der Waals surface area contributed by atoms with Crippen molar-refractivity contribution in [3.8, 4) is 0 Å². The van der Waals surface area contributed by atoms with E-state index in [-0.39, 0.29) is 24.6 Å². The summed E-state index contributed by atoms with van der Waals surface area (Å²) in [5, 5.41) is 2.63. The highest BCUT2D eigenvalue weighted by atomic mass is 19.4. The van der Waals surface area contributed by atoms with Gasteiger partial charge in [-0.15, -0.1) is 0 Å². The molecule has 2 rings (SSSR count). The molecule has 0 unspecified atom stereocenters. The molecule has 8 heteroatoms. The molecule has 0 aliphatic heterocycles. The van der Waals surface area contributed by atoms with E-state index in [0.717, 1.165) is 34.7 Å². The van der Waals surface area contributed by atoms with Crippen LogP contribution in [0, 0.1) is 5.82 Å². The van der Waals surface area contributed by atoms with E-state index >= 15 is 0 Å². The van der Waals surface area contributed by atoms with E-state index in [0.29, 0.717) is 6.42 Å². The first kappa shape index (κ1) is 20.4. The Labute approximate surface area is 153 Å². The topological polar surface area (TPSA) is 49.4 Å². The van der Waals surface area contributed by atoms with Crippen LogP contribution in [0.25, 0.3) is 0 Å². The van der Waals surface area contributed by atoms with Gasteiger partial charge in [0.15, 0.2) is 0 Å². The van der Waals surface area contributed by atoms with Crippen LogP contribution in [0.2, 0.25) is 0 Å². The predicted molar refractivity (Wildman–Crippen MR) is 92.6 cm³/mol. The first-order valence-electron chi connectivity index (χ1n) is 8.13. The third-order valence-electron chi connectivity index (χ3n) is 3.84. The molecule has 0 bridgehead atoms. The standard InChI is InChI=1S/C19H18F4N2O2/c1-13(26)25(17-8-4-15(5-9-17)19(21,22)23)12-18(27)24-11-10-14-2-6-16(20)7-3-14/h2-9H,10-12H2,1H3,(H,24,27). The first-order valence-corrected chi connectivity index (χ1v) is 8.13. The van der Waals surface area contributed by atoms with Crippen molar-refractivity contribution < 1.29 is 27.2 Å². The van der Waals surface area contributed by atoms with Gasteiger partial charge in [0.1, 0.15) is 12.4 Å². The van der Waals surface area contributed by atoms with Crippen molar-refractivity contribution in [2.24, 2.45) is 0 Å². The zero-order valence-electron chi connectivity index (χ0n) is 14.5. The molecule has 0 heterocycles. The maximum Gasteiger partial charge on any atom is 0.416 e. The summed E-state index contributed by atoms with van der Waals surface area (Å²) in [6, 6.07) is 9.86. The molecule has 144 valence electrons. The zero-order chi connectivity index (χ0) is 20.0. The molecule has 2 aromatic carbocycles. The second-order valence-corrected chi connectivity index (χ2v) is 5.88. The van der Waals surface area contributed by atoms with Crippen molar-refractivity contribution >= 4 is 17.5 Å². The van der Waals surface area contributed by atoms with Crippen LogP contribution in [0.1, 0.15) is 18.1 Å². The largest absolute Gasteiger partial charge is 0.416 e. The fourth-order valence-corrected chi connectivity index (χ4v) is 2.41. The predicted octanol–water partition coefficient (Wildman–Crippen LogP) is 3.56. The molecule has 2 amide bonds. The van der Waals surface area contributed by atoms with Gasteiger partial charge >= 0.3 is 6.18 Å². The smallest absolute Gasteiger partial charge is 0.354 e. The van der Waals surface area contributed by atoms with E-state index in [1.165, 1.54) is 19.1 Å². The minimum Gasteiger partial charge on any atom is -0.354 e. The maximum absolute atomic E-state index is 12.8. The van der Waals surface area contributed by atoms with E-state index in [1.807, 2.05) is 0 Å². The summed E-state index contributed by atoms with van der Waals surface area (Å²) >= 11 is 0. The highest BCUT2D eigenvalue weighted by Gasteiger charge is 2.30. The van der Waals surface area contributed by atoms with Crippen LogP contribution < -0.4 is 10.2 Å². The number of anilines is 1. The van der Waals surface area contributed by atoms with Crippen LogP contribution >= 0.6 is 0 Å². The van der Waals surface area contributed by atoms with E-state index in [4.69, 9.17) is 0 Å². The van der Waals surface area contributed by atoms with Gasteiger partial charge < -0.3 is 10.2 Å². The number of alkyl halides is 3. The first-order chi connectivity index (χ1) is 12.7. The molecular formula is C19H18F4N2O2. The van der Waals surface area contributed by atoms with Crippen molar-refractivity contribution in [3.05, 3.63) is 65.5 Å². The molecule has 2 aromatic rings. The summed E-state index contributed by atoms with van der Waals surface area (Å²) < 4.78 is 50.7. The summed E-state index contributed by atoms with van der Waals surface area (Å²) in [4.78, 5) is 24.9. The molecule has 27 heavy (non-hydrogen) atoms. The van der Waals surface area contributed by atoms with Gasteiger partial charge in [-0.05, 0) is 48.4 Å². The monoisotopic (exact) mass is 382 g/mol. The Balaban J connectivity index is 1.93.